The number of benzene rings is 2. The van der Waals surface area contributed by atoms with E-state index in [9.17, 15) is 22.9 Å². The highest BCUT2D eigenvalue weighted by Crippen LogP contribution is 2.31. The van der Waals surface area contributed by atoms with Crippen molar-refractivity contribution < 1.29 is 17.7 Å². The van der Waals surface area contributed by atoms with Gasteiger partial charge in [-0.15, -0.1) is 0 Å². The number of hydrogen-bond donors (Lipinski definition) is 2. The second-order valence-electron chi connectivity index (χ2n) is 4.76. The van der Waals surface area contributed by atoms with Crippen molar-refractivity contribution in [2.24, 2.45) is 5.14 Å². The normalized spacial score (nSPS) is 11.2. The second-order valence-corrected chi connectivity index (χ2v) is 6.29. The van der Waals surface area contributed by atoms with Crippen LogP contribution >= 0.6 is 0 Å². The van der Waals surface area contributed by atoms with Gasteiger partial charge in [0.1, 0.15) is 11.5 Å². The van der Waals surface area contributed by atoms with Gasteiger partial charge in [0.05, 0.1) is 4.92 Å². The summed E-state index contributed by atoms with van der Waals surface area (Å²) in [4.78, 5) is 9.80. The molecule has 0 radical (unpaired) electrons. The molecule has 122 valence electrons. The Morgan fingerprint density at radius 1 is 1.22 bits per heavy atom. The third-order valence-corrected chi connectivity index (χ3v) is 4.05. The second kappa shape index (κ2) is 6.71. The Kier molecular flexibility index (Phi) is 4.92. The molecule has 0 atom stereocenters. The minimum Gasteiger partial charge on any atom is -0.379 e. The molecule has 0 aliphatic rings. The quantitative estimate of drug-likeness (QED) is 0.617. The van der Waals surface area contributed by atoms with Crippen LogP contribution in [0, 0.1) is 15.9 Å². The van der Waals surface area contributed by atoms with Crippen LogP contribution in [0.1, 0.15) is 5.56 Å². The molecule has 2 aromatic rings. The third-order valence-electron chi connectivity index (χ3n) is 3.11. The van der Waals surface area contributed by atoms with Gasteiger partial charge < -0.3 is 5.32 Å². The van der Waals surface area contributed by atoms with Crippen molar-refractivity contribution in [3.05, 3.63) is 64.0 Å². The minimum absolute atomic E-state index is 0.0397. The number of para-hydroxylation sites is 1. The zero-order valence-electron chi connectivity index (χ0n) is 11.9. The number of sulfonamides is 1. The molecule has 0 saturated carbocycles. The Morgan fingerprint density at radius 2 is 1.91 bits per heavy atom. The molecule has 0 bridgehead atoms. The fourth-order valence-electron chi connectivity index (χ4n) is 2.12. The molecule has 2 aromatic carbocycles. The van der Waals surface area contributed by atoms with E-state index in [1.165, 1.54) is 24.3 Å². The summed E-state index contributed by atoms with van der Waals surface area (Å²) in [5.74, 6) is -0.371. The van der Waals surface area contributed by atoms with Crippen LogP contribution in [0.5, 0.6) is 0 Å². The molecule has 0 fully saturated rings. The number of rotatable bonds is 6. The summed E-state index contributed by atoms with van der Waals surface area (Å²) in [6.45, 7) is 0.262. The van der Waals surface area contributed by atoms with E-state index < -0.39 is 25.5 Å². The number of nitrogens with zero attached hydrogens (tertiary/aromatic N) is 1. The number of anilines is 1. The lowest BCUT2D eigenvalue weighted by Gasteiger charge is -2.09. The molecular formula is C14H14FN3O4S. The maximum absolute atomic E-state index is 13.1. The molecule has 0 aliphatic carbocycles. The number of nitrogens with two attached hydrogens (primary N) is 1. The van der Waals surface area contributed by atoms with E-state index in [0.717, 1.165) is 6.07 Å². The van der Waals surface area contributed by atoms with Gasteiger partial charge >= 0.3 is 5.69 Å². The standard InChI is InChI=1S/C14H14FN3O4S/c15-11-4-1-3-10(9-11)7-8-17-12-5-2-6-13(23(16,21)22)14(12)18(19)20/h1-6,9,17H,7-8H2,(H2,16,21,22). The highest BCUT2D eigenvalue weighted by atomic mass is 32.2. The topological polar surface area (TPSA) is 115 Å². The summed E-state index contributed by atoms with van der Waals surface area (Å²) in [6, 6.07) is 9.78. The SMILES string of the molecule is NS(=O)(=O)c1cccc(NCCc2cccc(F)c2)c1[N+](=O)[O-]. The van der Waals surface area contributed by atoms with Gasteiger partial charge in [-0.3, -0.25) is 10.1 Å². The molecule has 3 N–H and O–H groups in total. The van der Waals surface area contributed by atoms with Gasteiger partial charge in [-0.2, -0.15) is 0 Å². The van der Waals surface area contributed by atoms with Gasteiger partial charge in [0.25, 0.3) is 0 Å². The van der Waals surface area contributed by atoms with Crippen LogP contribution < -0.4 is 10.5 Å². The van der Waals surface area contributed by atoms with Gasteiger partial charge in [0.2, 0.25) is 10.0 Å². The summed E-state index contributed by atoms with van der Waals surface area (Å²) in [7, 11) is -4.22. The molecule has 0 heterocycles. The Morgan fingerprint density at radius 3 is 2.52 bits per heavy atom. The lowest BCUT2D eigenvalue weighted by Crippen LogP contribution is -2.16. The van der Waals surface area contributed by atoms with Crippen molar-refractivity contribution in [2.45, 2.75) is 11.3 Å². The van der Waals surface area contributed by atoms with Crippen molar-refractivity contribution >= 4 is 21.4 Å². The van der Waals surface area contributed by atoms with Crippen molar-refractivity contribution in [3.8, 4) is 0 Å². The van der Waals surface area contributed by atoms with E-state index >= 15 is 0 Å². The van der Waals surface area contributed by atoms with E-state index in [2.05, 4.69) is 5.32 Å². The molecule has 23 heavy (non-hydrogen) atoms. The zero-order valence-corrected chi connectivity index (χ0v) is 12.7. The number of nitro benzene ring substituents is 1. The van der Waals surface area contributed by atoms with E-state index in [4.69, 9.17) is 5.14 Å². The third kappa shape index (κ3) is 4.24. The molecule has 0 aliphatic heterocycles. The van der Waals surface area contributed by atoms with E-state index in [1.807, 2.05) is 0 Å². The van der Waals surface area contributed by atoms with Crippen LogP contribution in [0.25, 0.3) is 0 Å². The average molecular weight is 339 g/mol. The predicted octanol–water partition coefficient (Wildman–Crippen LogP) is 2.04. The number of nitro groups is 1. The Labute approximate surface area is 132 Å². The lowest BCUT2D eigenvalue weighted by molar-refractivity contribution is -0.386. The first-order chi connectivity index (χ1) is 10.8. The maximum atomic E-state index is 13.1. The van der Waals surface area contributed by atoms with Gasteiger partial charge in [-0.1, -0.05) is 18.2 Å². The highest BCUT2D eigenvalue weighted by molar-refractivity contribution is 7.89. The van der Waals surface area contributed by atoms with Gasteiger partial charge in [-0.25, -0.2) is 17.9 Å². The van der Waals surface area contributed by atoms with Crippen LogP contribution in [0.4, 0.5) is 15.8 Å². The molecule has 0 unspecified atom stereocenters. The molecule has 2 rings (SSSR count). The molecule has 9 heteroatoms. The number of primary sulfonamides is 1. The van der Waals surface area contributed by atoms with Crippen molar-refractivity contribution in [3.63, 3.8) is 0 Å². The van der Waals surface area contributed by atoms with Crippen molar-refractivity contribution in [2.75, 3.05) is 11.9 Å². The number of nitrogens with one attached hydrogen (secondary N) is 1. The molecule has 0 amide bonds. The number of halogens is 1. The smallest absolute Gasteiger partial charge is 0.312 e. The maximum Gasteiger partial charge on any atom is 0.312 e. The molecular weight excluding hydrogens is 325 g/mol. The largest absolute Gasteiger partial charge is 0.379 e. The molecule has 0 saturated heterocycles. The van der Waals surface area contributed by atoms with Crippen molar-refractivity contribution in [1.29, 1.82) is 0 Å². The Balaban J connectivity index is 2.21. The summed E-state index contributed by atoms with van der Waals surface area (Å²) in [5.41, 5.74) is 0.148. The number of hydrogen-bond acceptors (Lipinski definition) is 5. The first-order valence-corrected chi connectivity index (χ1v) is 8.12. The van der Waals surface area contributed by atoms with Crippen molar-refractivity contribution in [1.82, 2.24) is 0 Å². The minimum atomic E-state index is -4.22. The van der Waals surface area contributed by atoms with Crippen LogP contribution in [0.15, 0.2) is 47.4 Å². The lowest BCUT2D eigenvalue weighted by atomic mass is 10.1. The summed E-state index contributed by atoms with van der Waals surface area (Å²) < 4.78 is 36.0. The van der Waals surface area contributed by atoms with Crippen LogP contribution in [0.2, 0.25) is 0 Å². The first kappa shape index (κ1) is 16.8. The van der Waals surface area contributed by atoms with E-state index in [1.54, 1.807) is 12.1 Å². The molecule has 0 spiro atoms. The van der Waals surface area contributed by atoms with Crippen LogP contribution in [-0.2, 0) is 16.4 Å². The first-order valence-electron chi connectivity index (χ1n) is 6.57. The van der Waals surface area contributed by atoms with Crippen LogP contribution in [0.3, 0.4) is 0 Å². The summed E-state index contributed by atoms with van der Waals surface area (Å²) in [6.07, 6.45) is 0.411. The monoisotopic (exact) mass is 339 g/mol. The predicted molar refractivity (Wildman–Crippen MR) is 83.1 cm³/mol. The summed E-state index contributed by atoms with van der Waals surface area (Å²) >= 11 is 0. The van der Waals surface area contributed by atoms with E-state index in [-0.39, 0.29) is 18.0 Å². The van der Waals surface area contributed by atoms with Gasteiger partial charge in [0.15, 0.2) is 4.90 Å². The summed E-state index contributed by atoms with van der Waals surface area (Å²) in [5, 5.41) is 19.0. The van der Waals surface area contributed by atoms with E-state index in [0.29, 0.717) is 12.0 Å². The fraction of sp³-hybridized carbons (Fsp3) is 0.143. The zero-order chi connectivity index (χ0) is 17.0. The average Bonchev–Trinajstić information content (AvgIpc) is 2.46. The Hall–Kier alpha value is -2.52. The van der Waals surface area contributed by atoms with Gasteiger partial charge in [0, 0.05) is 6.54 Å². The Bertz CT molecular complexity index is 840. The van der Waals surface area contributed by atoms with Crippen LogP contribution in [-0.4, -0.2) is 19.9 Å². The fourth-order valence-corrected chi connectivity index (χ4v) is 2.84. The molecule has 7 nitrogen and oxygen atoms in total. The highest BCUT2D eigenvalue weighted by Gasteiger charge is 2.26. The van der Waals surface area contributed by atoms with Gasteiger partial charge in [-0.05, 0) is 36.2 Å². The molecule has 0 aromatic heterocycles.